The van der Waals surface area contributed by atoms with E-state index in [0.717, 1.165) is 5.56 Å². The van der Waals surface area contributed by atoms with Crippen molar-refractivity contribution in [1.29, 1.82) is 0 Å². The van der Waals surface area contributed by atoms with Gasteiger partial charge in [0.15, 0.2) is 0 Å². The number of sulfone groups is 1. The fourth-order valence-electron chi connectivity index (χ4n) is 1.21. The normalized spacial score (nSPS) is 13.9. The Hall–Kier alpha value is -0.870. The van der Waals surface area contributed by atoms with Gasteiger partial charge in [0.05, 0.1) is 5.75 Å². The van der Waals surface area contributed by atoms with Gasteiger partial charge in [-0.15, -0.1) is 0 Å². The van der Waals surface area contributed by atoms with Crippen LogP contribution in [0.2, 0.25) is 0 Å². The summed E-state index contributed by atoms with van der Waals surface area (Å²) in [6.45, 7) is 0. The summed E-state index contributed by atoms with van der Waals surface area (Å²) in [5.74, 6) is 0.142. The fraction of sp³-hybridized carbons (Fsp3) is 0.400. The van der Waals surface area contributed by atoms with E-state index in [9.17, 15) is 8.42 Å². The number of benzene rings is 1. The van der Waals surface area contributed by atoms with Gasteiger partial charge in [0.25, 0.3) is 0 Å². The van der Waals surface area contributed by atoms with E-state index < -0.39 is 9.84 Å². The smallest absolute Gasteiger partial charge is 0.147 e. The van der Waals surface area contributed by atoms with Crippen molar-refractivity contribution >= 4 is 9.84 Å². The molecule has 0 amide bonds. The van der Waals surface area contributed by atoms with E-state index in [-0.39, 0.29) is 11.8 Å². The molecule has 1 atom stereocenters. The Morgan fingerprint density at radius 2 is 1.86 bits per heavy atom. The molecule has 0 aliphatic rings. The van der Waals surface area contributed by atoms with Crippen molar-refractivity contribution in [2.75, 3.05) is 12.0 Å². The highest BCUT2D eigenvalue weighted by Crippen LogP contribution is 2.13. The molecule has 0 spiro atoms. The fourth-order valence-corrected chi connectivity index (χ4v) is 1.89. The lowest BCUT2D eigenvalue weighted by molar-refractivity contribution is 0.592. The summed E-state index contributed by atoms with van der Waals surface area (Å²) in [4.78, 5) is 0. The van der Waals surface area contributed by atoms with Gasteiger partial charge in [-0.05, 0) is 12.0 Å². The molecular weight excluding hydrogens is 198 g/mol. The van der Waals surface area contributed by atoms with E-state index in [0.29, 0.717) is 6.42 Å². The van der Waals surface area contributed by atoms with Crippen LogP contribution in [-0.2, 0) is 9.84 Å². The first-order valence-electron chi connectivity index (χ1n) is 4.47. The molecule has 4 heteroatoms. The summed E-state index contributed by atoms with van der Waals surface area (Å²) < 4.78 is 21.8. The van der Waals surface area contributed by atoms with Gasteiger partial charge in [-0.25, -0.2) is 8.42 Å². The second-order valence-corrected chi connectivity index (χ2v) is 5.70. The predicted octanol–water partition coefficient (Wildman–Crippen LogP) is 1.12. The Kier molecular flexibility index (Phi) is 3.66. The van der Waals surface area contributed by atoms with E-state index in [1.165, 1.54) is 6.26 Å². The first kappa shape index (κ1) is 11.2. The van der Waals surface area contributed by atoms with Crippen molar-refractivity contribution in [2.45, 2.75) is 12.5 Å². The largest absolute Gasteiger partial charge is 0.324 e. The summed E-state index contributed by atoms with van der Waals surface area (Å²) in [5, 5.41) is 0. The first-order chi connectivity index (χ1) is 6.49. The highest BCUT2D eigenvalue weighted by molar-refractivity contribution is 7.90. The molecule has 1 aromatic carbocycles. The molecule has 3 nitrogen and oxygen atoms in total. The zero-order valence-electron chi connectivity index (χ0n) is 8.18. The molecule has 1 aromatic rings. The Labute approximate surface area is 84.9 Å². The van der Waals surface area contributed by atoms with E-state index in [2.05, 4.69) is 0 Å². The first-order valence-corrected chi connectivity index (χ1v) is 6.53. The van der Waals surface area contributed by atoms with Crippen molar-refractivity contribution < 1.29 is 8.42 Å². The van der Waals surface area contributed by atoms with Crippen LogP contribution in [-0.4, -0.2) is 20.4 Å². The van der Waals surface area contributed by atoms with Gasteiger partial charge in [0.2, 0.25) is 0 Å². The number of rotatable bonds is 4. The summed E-state index contributed by atoms with van der Waals surface area (Å²) in [6.07, 6.45) is 1.70. The Bertz CT molecular complexity index is 372. The molecule has 1 unspecified atom stereocenters. The van der Waals surface area contributed by atoms with Crippen molar-refractivity contribution in [2.24, 2.45) is 5.73 Å². The molecule has 0 aromatic heterocycles. The van der Waals surface area contributed by atoms with Crippen molar-refractivity contribution in [1.82, 2.24) is 0 Å². The monoisotopic (exact) mass is 213 g/mol. The van der Waals surface area contributed by atoms with Crippen LogP contribution in [0.25, 0.3) is 0 Å². The van der Waals surface area contributed by atoms with Gasteiger partial charge < -0.3 is 5.73 Å². The van der Waals surface area contributed by atoms with Crippen LogP contribution in [0.3, 0.4) is 0 Å². The molecule has 0 bridgehead atoms. The van der Waals surface area contributed by atoms with Gasteiger partial charge in [-0.2, -0.15) is 0 Å². The second-order valence-electron chi connectivity index (χ2n) is 3.44. The maximum absolute atomic E-state index is 10.9. The maximum Gasteiger partial charge on any atom is 0.147 e. The minimum Gasteiger partial charge on any atom is -0.324 e. The summed E-state index contributed by atoms with van der Waals surface area (Å²) in [6, 6.07) is 9.34. The molecule has 0 saturated carbocycles. The van der Waals surface area contributed by atoms with Crippen LogP contribution in [0.15, 0.2) is 30.3 Å². The molecular formula is C10H15NO2S. The highest BCUT2D eigenvalue weighted by atomic mass is 32.2. The van der Waals surface area contributed by atoms with E-state index in [4.69, 9.17) is 5.73 Å². The lowest BCUT2D eigenvalue weighted by atomic mass is 10.1. The SMILES string of the molecule is CS(=O)(=O)CCC(N)c1ccccc1. The standard InChI is InChI=1S/C10H15NO2S/c1-14(12,13)8-7-10(11)9-5-3-2-4-6-9/h2-6,10H,7-8,11H2,1H3. The Morgan fingerprint density at radius 1 is 1.29 bits per heavy atom. The second kappa shape index (κ2) is 4.57. The molecule has 2 N–H and O–H groups in total. The van der Waals surface area contributed by atoms with Crippen LogP contribution in [0.1, 0.15) is 18.0 Å². The summed E-state index contributed by atoms with van der Waals surface area (Å²) in [7, 11) is -2.91. The maximum atomic E-state index is 10.9. The molecule has 0 radical (unpaired) electrons. The number of hydrogen-bond acceptors (Lipinski definition) is 3. The molecule has 78 valence electrons. The van der Waals surface area contributed by atoms with E-state index >= 15 is 0 Å². The lowest BCUT2D eigenvalue weighted by Gasteiger charge is -2.10. The molecule has 14 heavy (non-hydrogen) atoms. The summed E-state index contributed by atoms with van der Waals surface area (Å²) >= 11 is 0. The predicted molar refractivity (Wildman–Crippen MR) is 57.7 cm³/mol. The Morgan fingerprint density at radius 3 is 2.36 bits per heavy atom. The molecule has 1 rings (SSSR count). The third-order valence-electron chi connectivity index (χ3n) is 2.03. The topological polar surface area (TPSA) is 60.2 Å². The highest BCUT2D eigenvalue weighted by Gasteiger charge is 2.09. The molecule has 0 saturated heterocycles. The van der Waals surface area contributed by atoms with Crippen molar-refractivity contribution in [3.8, 4) is 0 Å². The molecule has 0 aliphatic heterocycles. The van der Waals surface area contributed by atoms with Crippen molar-refractivity contribution in [3.05, 3.63) is 35.9 Å². The Balaban J connectivity index is 2.56. The number of nitrogens with two attached hydrogens (primary N) is 1. The van der Waals surface area contributed by atoms with Crippen LogP contribution in [0.4, 0.5) is 0 Å². The quantitative estimate of drug-likeness (QED) is 0.815. The summed E-state index contributed by atoms with van der Waals surface area (Å²) in [5.41, 5.74) is 6.82. The average Bonchev–Trinajstić information content (AvgIpc) is 2.14. The van der Waals surface area contributed by atoms with Gasteiger partial charge >= 0.3 is 0 Å². The number of hydrogen-bond donors (Lipinski definition) is 1. The third-order valence-corrected chi connectivity index (χ3v) is 3.00. The zero-order valence-corrected chi connectivity index (χ0v) is 9.00. The van der Waals surface area contributed by atoms with Gasteiger partial charge in [-0.1, -0.05) is 30.3 Å². The van der Waals surface area contributed by atoms with Crippen LogP contribution in [0.5, 0.6) is 0 Å². The lowest BCUT2D eigenvalue weighted by Crippen LogP contribution is -2.15. The molecule has 0 heterocycles. The van der Waals surface area contributed by atoms with Crippen LogP contribution in [0, 0.1) is 0 Å². The third kappa shape index (κ3) is 3.89. The van der Waals surface area contributed by atoms with E-state index in [1.807, 2.05) is 30.3 Å². The van der Waals surface area contributed by atoms with Gasteiger partial charge in [0.1, 0.15) is 9.84 Å². The molecule has 0 fully saturated rings. The minimum absolute atomic E-state index is 0.142. The van der Waals surface area contributed by atoms with Crippen molar-refractivity contribution in [3.63, 3.8) is 0 Å². The van der Waals surface area contributed by atoms with Crippen LogP contribution < -0.4 is 5.73 Å². The molecule has 0 aliphatic carbocycles. The average molecular weight is 213 g/mol. The van der Waals surface area contributed by atoms with Crippen LogP contribution >= 0.6 is 0 Å². The van der Waals surface area contributed by atoms with Gasteiger partial charge in [-0.3, -0.25) is 0 Å². The minimum atomic E-state index is -2.91. The van der Waals surface area contributed by atoms with Gasteiger partial charge in [0, 0.05) is 12.3 Å². The zero-order chi connectivity index (χ0) is 10.6. The van der Waals surface area contributed by atoms with E-state index in [1.54, 1.807) is 0 Å².